The van der Waals surface area contributed by atoms with Crippen molar-refractivity contribution in [2.24, 2.45) is 0 Å². The Morgan fingerprint density at radius 1 is 0.305 bits per heavy atom. The SMILES string of the molecule is C=C(C)C(=O)OCCOc1ccc(C(=O)c2ccccc2)cc1.C=C(C)C(=O)Oc1ccc(C(=O)c2ccccc2)cc1.C=C(C)C(=O)Oc1ccc(C(=O)c2ccccc2)cc1.C=C(C)C(=O)Oc1ccc2c(c1)-c1ccccc1C2=O.C=C(C)C(=O)Oc1ccccc1C(=O)c1ccccc1.C=CC(=O)Nc1ccc(C(=O)c2ccccc2Cl)cc1.C=CC(=O)Oc1ccc(C(C)=O)cc1.O=S(=O)=O. The van der Waals surface area contributed by atoms with Crippen molar-refractivity contribution in [2.75, 3.05) is 18.5 Å². The second-order valence-electron chi connectivity index (χ2n) is 29.9. The molecule has 0 radical (unpaired) electrons. The molecule has 0 aromatic heterocycles. The fraction of sp³-hybridized carbons (Fsp3) is 0.0702. The molecule has 141 heavy (non-hydrogen) atoms. The zero-order chi connectivity index (χ0) is 103. The summed E-state index contributed by atoms with van der Waals surface area (Å²) in [6.07, 6.45) is 2.27. The Labute approximate surface area is 820 Å². The van der Waals surface area contributed by atoms with Crippen molar-refractivity contribution >= 4 is 110 Å². The minimum Gasteiger partial charge on any atom is -0.490 e. The summed E-state index contributed by atoms with van der Waals surface area (Å²) in [7, 11) is -3.11. The number of fused-ring (bicyclic) bond motifs is 3. The molecule has 0 atom stereocenters. The highest BCUT2D eigenvalue weighted by molar-refractivity contribution is 7.59. The minimum absolute atomic E-state index is 0.00776. The van der Waals surface area contributed by atoms with Crippen molar-refractivity contribution in [3.63, 3.8) is 0 Å². The molecule has 14 rings (SSSR count). The van der Waals surface area contributed by atoms with E-state index in [-0.39, 0.29) is 70.9 Å². The molecule has 1 aliphatic rings. The largest absolute Gasteiger partial charge is 0.490 e. The molecular weight excluding hydrogens is 1830 g/mol. The number of nitrogens with one attached hydrogen (secondary N) is 1. The van der Waals surface area contributed by atoms with E-state index >= 15 is 0 Å². The summed E-state index contributed by atoms with van der Waals surface area (Å²) < 4.78 is 61.1. The summed E-state index contributed by atoms with van der Waals surface area (Å²) >= 11 is 6.00. The van der Waals surface area contributed by atoms with Gasteiger partial charge in [-0.3, -0.25) is 38.4 Å². The number of amides is 1. The van der Waals surface area contributed by atoms with Crippen LogP contribution in [0.15, 0.2) is 420 Å². The van der Waals surface area contributed by atoms with Crippen molar-refractivity contribution in [3.05, 3.63) is 497 Å². The number of benzene rings is 13. The number of hydrogen-bond donors (Lipinski definition) is 1. The van der Waals surface area contributed by atoms with Gasteiger partial charge in [-0.15, -0.1) is 12.6 Å². The van der Waals surface area contributed by atoms with Crippen LogP contribution in [-0.4, -0.2) is 108 Å². The third kappa shape index (κ3) is 35.8. The van der Waals surface area contributed by atoms with E-state index < -0.39 is 46.4 Å². The minimum atomic E-state index is -3.11. The van der Waals surface area contributed by atoms with Crippen LogP contribution in [0.25, 0.3) is 11.1 Å². The van der Waals surface area contributed by atoms with Gasteiger partial charge in [-0.05, 0) is 223 Å². The standard InChI is InChI=1S/C19H18O4.C17H12O3.3C17H14O3.C16H12ClNO2.C11H10O3.O3S/c1-14(2)19(21)23-13-12-22-17-10-8-16(9-11-17)18(20)15-6-4-3-5-7-15;1-10(2)17(19)20-11-7-8-14-15(9-11)12-5-3-4-6-13(12)16(14)18;1-12(2)17(19)20-15-11-7-6-10-14(15)16(18)13-8-4-3-5-9-13;2*1-12(2)17(19)20-15-10-8-14(9-11-15)16(18)13-6-4-3-5-7-13;1-2-15(19)18-12-9-7-11(8-10-12)16(20)13-5-3-4-6-14(13)17;1-3-11(13)14-10-6-4-9(5-7-10)8(2)12;1-4(2)3/h3-11H,1,12-13H2,2H3;3-9H,1H2,2H3;3*3-11H,1H2,2H3;2-10H,1H2,(H,18,19);3-7H,1H2,2H3;. The molecule has 27 heteroatoms. The normalized spacial score (nSPS) is 9.96. The number of rotatable bonds is 28. The van der Waals surface area contributed by atoms with Gasteiger partial charge in [-0.25, -0.2) is 28.8 Å². The van der Waals surface area contributed by atoms with Crippen LogP contribution in [-0.2, 0) is 48.9 Å². The Kier molecular flexibility index (Phi) is 43.7. The highest BCUT2D eigenvalue weighted by Gasteiger charge is 2.28. The lowest BCUT2D eigenvalue weighted by Gasteiger charge is -2.09. The third-order valence-corrected chi connectivity index (χ3v) is 19.2. The predicted octanol–water partition coefficient (Wildman–Crippen LogP) is 21.7. The Balaban J connectivity index is 0.000000223. The molecule has 0 aliphatic heterocycles. The van der Waals surface area contributed by atoms with E-state index in [1.807, 2.05) is 78.9 Å². The number of halogens is 1. The number of carbonyl (C=O) groups excluding carboxylic acids is 14. The van der Waals surface area contributed by atoms with Gasteiger partial charge in [0.05, 0.1) is 10.6 Å². The highest BCUT2D eigenvalue weighted by atomic mass is 35.5. The maximum atomic E-state index is 12.4. The predicted molar refractivity (Wildman–Crippen MR) is 536 cm³/mol. The van der Waals surface area contributed by atoms with Crippen LogP contribution in [0.5, 0.6) is 34.5 Å². The number of carbonyl (C=O) groups is 14. The molecule has 0 saturated heterocycles. The number of hydrogen-bond acceptors (Lipinski definition) is 24. The number of anilines is 1. The van der Waals surface area contributed by atoms with Gasteiger partial charge in [0.1, 0.15) is 47.7 Å². The van der Waals surface area contributed by atoms with E-state index in [4.69, 9.17) is 57.4 Å². The second kappa shape index (κ2) is 56.2. The fourth-order valence-corrected chi connectivity index (χ4v) is 11.9. The molecule has 1 amide bonds. The first-order chi connectivity index (χ1) is 67.4. The van der Waals surface area contributed by atoms with Crippen molar-refractivity contribution < 1.29 is 113 Å². The molecule has 0 heterocycles. The molecular formula is C114H94ClNO24S. The smallest absolute Gasteiger partial charge is 0.425 e. The van der Waals surface area contributed by atoms with Crippen molar-refractivity contribution in [2.45, 2.75) is 41.5 Å². The van der Waals surface area contributed by atoms with E-state index in [1.54, 1.807) is 289 Å². The Morgan fingerprint density at radius 2 is 0.617 bits per heavy atom. The Hall–Kier alpha value is -18.3. The number of ether oxygens (including phenoxy) is 7. The van der Waals surface area contributed by atoms with Crippen LogP contribution in [0.2, 0.25) is 5.02 Å². The van der Waals surface area contributed by atoms with Gasteiger partial charge in [-0.2, -0.15) is 0 Å². The molecule has 0 spiro atoms. The van der Waals surface area contributed by atoms with E-state index in [0.29, 0.717) is 134 Å². The summed E-state index contributed by atoms with van der Waals surface area (Å²) in [5, 5.41) is 3.03. The third-order valence-electron chi connectivity index (χ3n) is 18.8. The van der Waals surface area contributed by atoms with Crippen LogP contribution in [0.4, 0.5) is 5.69 Å². The van der Waals surface area contributed by atoms with Crippen molar-refractivity contribution in [1.82, 2.24) is 0 Å². The summed E-state index contributed by atoms with van der Waals surface area (Å²) in [5.74, 6) is -1.28. The van der Waals surface area contributed by atoms with Gasteiger partial charge in [0.25, 0.3) is 0 Å². The fourth-order valence-electron chi connectivity index (χ4n) is 11.7. The van der Waals surface area contributed by atoms with Gasteiger partial charge < -0.3 is 38.5 Å². The number of Topliss-reactive ketones (excluding diaryl/α,β-unsaturated/α-hetero) is 1. The molecule has 1 N–H and O–H groups in total. The topological polar surface area (TPSA) is 367 Å². The van der Waals surface area contributed by atoms with Crippen LogP contribution >= 0.6 is 11.6 Å². The zero-order valence-corrected chi connectivity index (χ0v) is 78.9. The maximum absolute atomic E-state index is 12.4. The molecule has 0 unspecified atom stereocenters. The van der Waals surface area contributed by atoms with E-state index in [9.17, 15) is 67.1 Å². The molecule has 712 valence electrons. The number of esters is 6. The van der Waals surface area contributed by atoms with Gasteiger partial charge in [0.2, 0.25) is 5.91 Å². The first kappa shape index (κ1) is 110. The molecule has 25 nitrogen and oxygen atoms in total. The number of ketones is 7. The molecule has 0 bridgehead atoms. The first-order valence-corrected chi connectivity index (χ1v) is 43.8. The van der Waals surface area contributed by atoms with E-state index in [0.717, 1.165) is 17.2 Å². The zero-order valence-electron chi connectivity index (χ0n) is 77.4. The quantitative estimate of drug-likeness (QED) is 0.0156. The molecule has 0 fully saturated rings. The van der Waals surface area contributed by atoms with Crippen molar-refractivity contribution in [3.8, 4) is 45.6 Å². The van der Waals surface area contributed by atoms with Gasteiger partial charge in [-0.1, -0.05) is 228 Å². The summed E-state index contributed by atoms with van der Waals surface area (Å²) in [6, 6.07) is 94.7. The van der Waals surface area contributed by atoms with Crippen LogP contribution in [0.3, 0.4) is 0 Å². The molecule has 0 saturated carbocycles. The van der Waals surface area contributed by atoms with Gasteiger partial charge >= 0.3 is 46.4 Å². The molecule has 1 aliphatic carbocycles. The van der Waals surface area contributed by atoms with Gasteiger partial charge in [0.15, 0.2) is 40.5 Å². The lowest BCUT2D eigenvalue weighted by atomic mass is 10.0. The van der Waals surface area contributed by atoms with E-state index in [1.165, 1.54) is 13.0 Å². The average Bonchev–Trinajstić information content (AvgIpc) is 1.61. The summed E-state index contributed by atoms with van der Waals surface area (Å²) in [6.45, 7) is 34.0. The number of para-hydroxylation sites is 1. The lowest BCUT2D eigenvalue weighted by molar-refractivity contribution is -0.139. The highest BCUT2D eigenvalue weighted by Crippen LogP contribution is 2.39. The van der Waals surface area contributed by atoms with Crippen LogP contribution < -0.4 is 33.7 Å². The Bertz CT molecular complexity index is 6820. The summed E-state index contributed by atoms with van der Waals surface area (Å²) in [4.78, 5) is 163. The lowest BCUT2D eigenvalue weighted by Crippen LogP contribution is -2.12. The van der Waals surface area contributed by atoms with Crippen LogP contribution in [0.1, 0.15) is 147 Å². The second-order valence-corrected chi connectivity index (χ2v) is 30.7. The Morgan fingerprint density at radius 3 is 1.02 bits per heavy atom. The molecule has 13 aromatic carbocycles. The molecule has 13 aromatic rings. The van der Waals surface area contributed by atoms with E-state index in [2.05, 4.69) is 51.4 Å². The van der Waals surface area contributed by atoms with Crippen molar-refractivity contribution in [1.29, 1.82) is 0 Å². The first-order valence-electron chi connectivity index (χ1n) is 42.5. The van der Waals surface area contributed by atoms with Crippen LogP contribution in [0, 0.1) is 0 Å². The maximum Gasteiger partial charge on any atom is 0.425 e. The van der Waals surface area contributed by atoms with Gasteiger partial charge in [0, 0.05) is 106 Å². The summed E-state index contributed by atoms with van der Waals surface area (Å²) in [5.41, 5.74) is 11.3. The monoisotopic (exact) mass is 1930 g/mol. The average molecular weight is 1930 g/mol.